The summed E-state index contributed by atoms with van der Waals surface area (Å²) in [7, 11) is 5.89. The summed E-state index contributed by atoms with van der Waals surface area (Å²) in [6, 6.07) is 2.00. The molecule has 2 unspecified atom stereocenters. The zero-order valence-electron chi connectivity index (χ0n) is 16.9. The van der Waals surface area contributed by atoms with Crippen molar-refractivity contribution in [3.05, 3.63) is 23.0 Å². The van der Waals surface area contributed by atoms with Crippen LogP contribution in [0.3, 0.4) is 0 Å². The Morgan fingerprint density at radius 2 is 2.15 bits per heavy atom. The molecular weight excluding hydrogens is 463 g/mol. The van der Waals surface area contributed by atoms with Crippen LogP contribution < -0.4 is 5.32 Å². The van der Waals surface area contributed by atoms with Crippen molar-refractivity contribution in [1.82, 2.24) is 14.8 Å². The molecule has 1 fully saturated rings. The number of aryl methyl sites for hydroxylation is 1. The summed E-state index contributed by atoms with van der Waals surface area (Å²) in [5.74, 6) is 1.40. The Bertz CT molecular complexity index is 597. The fourth-order valence-electron chi connectivity index (χ4n) is 3.66. The van der Waals surface area contributed by atoms with Gasteiger partial charge in [-0.2, -0.15) is 0 Å². The summed E-state index contributed by atoms with van der Waals surface area (Å²) in [4.78, 5) is 6.57. The molecule has 0 bridgehead atoms. The van der Waals surface area contributed by atoms with Gasteiger partial charge in [-0.05, 0) is 24.3 Å². The summed E-state index contributed by atoms with van der Waals surface area (Å²) >= 11 is 6.08. The van der Waals surface area contributed by atoms with Gasteiger partial charge in [-0.25, -0.2) is 0 Å². The van der Waals surface area contributed by atoms with E-state index in [0.717, 1.165) is 42.8 Å². The van der Waals surface area contributed by atoms with Crippen LogP contribution in [-0.4, -0.2) is 48.8 Å². The molecule has 2 atom stereocenters. The highest BCUT2D eigenvalue weighted by molar-refractivity contribution is 14.0. The van der Waals surface area contributed by atoms with Crippen LogP contribution in [0.15, 0.2) is 17.3 Å². The highest BCUT2D eigenvalue weighted by atomic mass is 127. The first-order valence-corrected chi connectivity index (χ1v) is 9.44. The van der Waals surface area contributed by atoms with E-state index in [0.29, 0.717) is 5.92 Å². The van der Waals surface area contributed by atoms with E-state index in [1.54, 1.807) is 0 Å². The number of aromatic nitrogens is 1. The van der Waals surface area contributed by atoms with Gasteiger partial charge < -0.3 is 19.5 Å². The van der Waals surface area contributed by atoms with Gasteiger partial charge in [-0.3, -0.25) is 4.99 Å². The molecule has 1 aliphatic rings. The van der Waals surface area contributed by atoms with E-state index in [1.165, 1.54) is 6.42 Å². The molecule has 0 amide bonds. The molecule has 1 aliphatic heterocycles. The highest BCUT2D eigenvalue weighted by Crippen LogP contribution is 2.33. The predicted molar refractivity (Wildman–Crippen MR) is 121 cm³/mol. The van der Waals surface area contributed by atoms with Gasteiger partial charge in [-0.15, -0.1) is 24.0 Å². The molecule has 0 radical (unpaired) electrons. The zero-order valence-corrected chi connectivity index (χ0v) is 20.0. The number of hydrogen-bond donors (Lipinski definition) is 1. The highest BCUT2D eigenvalue weighted by Gasteiger charge is 2.35. The molecule has 2 heterocycles. The second-order valence-corrected chi connectivity index (χ2v) is 8.54. The topological polar surface area (TPSA) is 41.8 Å². The summed E-state index contributed by atoms with van der Waals surface area (Å²) in [6.07, 6.45) is 4.54. The second-order valence-electron chi connectivity index (χ2n) is 8.10. The summed E-state index contributed by atoms with van der Waals surface area (Å²) in [6.45, 7) is 9.29. The first-order valence-electron chi connectivity index (χ1n) is 9.06. The number of nitrogens with one attached hydrogen (secondary N) is 1. The molecule has 0 saturated carbocycles. The average Bonchev–Trinajstić information content (AvgIpc) is 2.85. The van der Waals surface area contributed by atoms with Crippen molar-refractivity contribution in [3.63, 3.8) is 0 Å². The molecule has 1 aromatic rings. The molecule has 5 nitrogen and oxygen atoms in total. The SMILES string of the molecule is CN=C(NCC1CCCOC1C(C)(C)C)N(C)Cc1cc(Cl)cn1C.I. The van der Waals surface area contributed by atoms with E-state index in [4.69, 9.17) is 16.3 Å². The maximum Gasteiger partial charge on any atom is 0.193 e. The number of aliphatic imine (C=N–C) groups is 1. The van der Waals surface area contributed by atoms with Crippen LogP contribution in [0.4, 0.5) is 0 Å². The van der Waals surface area contributed by atoms with Gasteiger partial charge in [0.1, 0.15) is 0 Å². The first-order chi connectivity index (χ1) is 11.7. The lowest BCUT2D eigenvalue weighted by Crippen LogP contribution is -2.47. The van der Waals surface area contributed by atoms with E-state index < -0.39 is 0 Å². The molecule has 0 spiro atoms. The van der Waals surface area contributed by atoms with E-state index in [-0.39, 0.29) is 35.5 Å². The minimum absolute atomic E-state index is 0. The fourth-order valence-corrected chi connectivity index (χ4v) is 3.93. The Morgan fingerprint density at radius 1 is 1.46 bits per heavy atom. The Balaban J connectivity index is 0.00000338. The van der Waals surface area contributed by atoms with Gasteiger partial charge in [0.25, 0.3) is 0 Å². The van der Waals surface area contributed by atoms with Crippen molar-refractivity contribution in [2.45, 2.75) is 46.3 Å². The Hall–Kier alpha value is -0.470. The van der Waals surface area contributed by atoms with Crippen molar-refractivity contribution in [1.29, 1.82) is 0 Å². The first kappa shape index (κ1) is 23.6. The number of guanidine groups is 1. The lowest BCUT2D eigenvalue weighted by atomic mass is 9.78. The van der Waals surface area contributed by atoms with Crippen LogP contribution >= 0.6 is 35.6 Å². The van der Waals surface area contributed by atoms with Crippen LogP contribution in [0.2, 0.25) is 5.02 Å². The molecule has 7 heteroatoms. The number of halogens is 2. The quantitative estimate of drug-likeness (QED) is 0.387. The Labute approximate surface area is 180 Å². The standard InChI is InChI=1S/C19H33ClN4O.HI/c1-19(2,3)17-14(8-7-9-25-17)11-22-18(21-4)24(6)13-16-10-15(20)12-23(16)5;/h10,12,14,17H,7-9,11,13H2,1-6H3,(H,21,22);1H. The molecule has 0 aromatic carbocycles. The third-order valence-electron chi connectivity index (χ3n) is 4.87. The van der Waals surface area contributed by atoms with Gasteiger partial charge in [0, 0.05) is 52.1 Å². The predicted octanol–water partition coefficient (Wildman–Crippen LogP) is 4.15. The minimum Gasteiger partial charge on any atom is -0.377 e. The van der Waals surface area contributed by atoms with Crippen LogP contribution in [0.5, 0.6) is 0 Å². The van der Waals surface area contributed by atoms with E-state index in [2.05, 4.69) is 47.6 Å². The van der Waals surface area contributed by atoms with Crippen molar-refractivity contribution >= 4 is 41.5 Å². The number of ether oxygens (including phenoxy) is 1. The zero-order chi connectivity index (χ0) is 18.6. The minimum atomic E-state index is 0. The van der Waals surface area contributed by atoms with Gasteiger partial charge in [-0.1, -0.05) is 32.4 Å². The van der Waals surface area contributed by atoms with Crippen LogP contribution in [-0.2, 0) is 18.3 Å². The number of hydrogen-bond acceptors (Lipinski definition) is 2. The normalized spacial score (nSPS) is 21.3. The lowest BCUT2D eigenvalue weighted by molar-refractivity contribution is -0.0836. The van der Waals surface area contributed by atoms with Crippen molar-refractivity contribution in [3.8, 4) is 0 Å². The van der Waals surface area contributed by atoms with E-state index in [9.17, 15) is 0 Å². The van der Waals surface area contributed by atoms with E-state index in [1.807, 2.05) is 26.4 Å². The molecule has 1 aromatic heterocycles. The summed E-state index contributed by atoms with van der Waals surface area (Å²) < 4.78 is 8.14. The monoisotopic (exact) mass is 496 g/mol. The van der Waals surface area contributed by atoms with Crippen molar-refractivity contribution in [2.75, 3.05) is 27.2 Å². The fraction of sp³-hybridized carbons (Fsp3) is 0.737. The third kappa shape index (κ3) is 6.30. The maximum absolute atomic E-state index is 6.08. The average molecular weight is 497 g/mol. The largest absolute Gasteiger partial charge is 0.377 e. The summed E-state index contributed by atoms with van der Waals surface area (Å²) in [5.41, 5.74) is 1.31. The Kier molecular flexibility index (Phi) is 9.23. The lowest BCUT2D eigenvalue weighted by Gasteiger charge is -2.40. The van der Waals surface area contributed by atoms with Gasteiger partial charge in [0.15, 0.2) is 5.96 Å². The molecule has 2 rings (SSSR count). The van der Waals surface area contributed by atoms with Crippen LogP contribution in [0, 0.1) is 11.3 Å². The van der Waals surface area contributed by atoms with Gasteiger partial charge >= 0.3 is 0 Å². The smallest absolute Gasteiger partial charge is 0.193 e. The Morgan fingerprint density at radius 3 is 2.69 bits per heavy atom. The molecule has 0 aliphatic carbocycles. The van der Waals surface area contributed by atoms with E-state index >= 15 is 0 Å². The summed E-state index contributed by atoms with van der Waals surface area (Å²) in [5, 5.41) is 4.31. The van der Waals surface area contributed by atoms with Crippen LogP contribution in [0.1, 0.15) is 39.3 Å². The number of rotatable bonds is 4. The van der Waals surface area contributed by atoms with Crippen molar-refractivity contribution < 1.29 is 4.74 Å². The van der Waals surface area contributed by atoms with Gasteiger partial charge in [0.2, 0.25) is 0 Å². The third-order valence-corrected chi connectivity index (χ3v) is 5.07. The van der Waals surface area contributed by atoms with Crippen LogP contribution in [0.25, 0.3) is 0 Å². The molecule has 1 saturated heterocycles. The molecule has 150 valence electrons. The second kappa shape index (κ2) is 10.2. The molecule has 26 heavy (non-hydrogen) atoms. The number of nitrogens with zero attached hydrogens (tertiary/aromatic N) is 3. The molecule has 1 N–H and O–H groups in total. The molecular formula is C19H34ClIN4O. The van der Waals surface area contributed by atoms with Gasteiger partial charge in [0.05, 0.1) is 17.7 Å². The maximum atomic E-state index is 6.08. The van der Waals surface area contributed by atoms with Crippen molar-refractivity contribution in [2.24, 2.45) is 23.4 Å².